The first kappa shape index (κ1) is 43.9. The van der Waals surface area contributed by atoms with E-state index in [0.29, 0.717) is 52.6 Å². The number of carbonyl (C=O) groups excluding carboxylic acids is 4. The van der Waals surface area contributed by atoms with Gasteiger partial charge in [0, 0.05) is 10.6 Å². The van der Waals surface area contributed by atoms with E-state index >= 15 is 0 Å². The number of thioether (sulfide) groups is 2. The van der Waals surface area contributed by atoms with Gasteiger partial charge in [0.25, 0.3) is 5.24 Å². The normalized spacial score (nSPS) is 14.8. The number of para-hydroxylation sites is 1. The Morgan fingerprint density at radius 1 is 0.907 bits per heavy atom. The zero-order valence-corrected chi connectivity index (χ0v) is 32.8. The van der Waals surface area contributed by atoms with Crippen molar-refractivity contribution in [3.63, 3.8) is 0 Å². The van der Waals surface area contributed by atoms with Gasteiger partial charge in [-0.15, -0.1) is 0 Å². The molecule has 5 rings (SSSR count). The van der Waals surface area contributed by atoms with Gasteiger partial charge in [0.1, 0.15) is 42.7 Å². The largest absolute Gasteiger partial charge is 0.496 e. The van der Waals surface area contributed by atoms with E-state index in [1.807, 2.05) is 56.5 Å². The number of hydrogen-bond donors (Lipinski definition) is 4. The monoisotopic (exact) mass is 796 g/mol. The van der Waals surface area contributed by atoms with E-state index in [1.54, 1.807) is 67.8 Å². The van der Waals surface area contributed by atoms with Crippen molar-refractivity contribution in [3.8, 4) is 17.2 Å². The second kappa shape index (κ2) is 23.3. The molecular formula is C40H45ClN2O9S2. The quantitative estimate of drug-likeness (QED) is 0.0891. The third-order valence-corrected chi connectivity index (χ3v) is 9.95. The summed E-state index contributed by atoms with van der Waals surface area (Å²) in [6.45, 7) is 4.20. The predicted octanol–water partition coefficient (Wildman–Crippen LogP) is 6.73. The van der Waals surface area contributed by atoms with E-state index in [-0.39, 0.29) is 40.8 Å². The lowest BCUT2D eigenvalue weighted by Gasteiger charge is -2.15. The van der Waals surface area contributed by atoms with Crippen molar-refractivity contribution in [2.75, 3.05) is 26.6 Å². The van der Waals surface area contributed by atoms with E-state index in [1.165, 1.54) is 11.8 Å². The molecule has 0 aromatic heterocycles. The van der Waals surface area contributed by atoms with Gasteiger partial charge < -0.3 is 24.4 Å². The minimum atomic E-state index is -0.810. The third kappa shape index (κ3) is 14.0. The van der Waals surface area contributed by atoms with Crippen LogP contribution < -0.4 is 24.8 Å². The molecule has 0 aliphatic carbocycles. The lowest BCUT2D eigenvalue weighted by molar-refractivity contribution is -0.125. The zero-order chi connectivity index (χ0) is 39.5. The van der Waals surface area contributed by atoms with E-state index < -0.39 is 12.2 Å². The molecule has 1 heterocycles. The van der Waals surface area contributed by atoms with E-state index in [9.17, 15) is 29.4 Å². The molecule has 1 saturated heterocycles. The second-order valence-electron chi connectivity index (χ2n) is 11.4. The number of methoxy groups -OCH3 is 1. The van der Waals surface area contributed by atoms with Crippen LogP contribution in [0.5, 0.6) is 17.2 Å². The minimum absolute atomic E-state index is 0.0924. The number of carbonyl (C=O) groups is 4. The Balaban J connectivity index is 0.000000278. The van der Waals surface area contributed by atoms with Crippen LogP contribution in [0.4, 0.5) is 4.79 Å². The van der Waals surface area contributed by atoms with Crippen molar-refractivity contribution < 1.29 is 43.6 Å². The fraction of sp³-hybridized carbons (Fsp3) is 0.300. The van der Waals surface area contributed by atoms with Gasteiger partial charge in [0.15, 0.2) is 0 Å². The highest BCUT2D eigenvalue weighted by atomic mass is 35.5. The Kier molecular flexibility index (Phi) is 18.9. The molecule has 0 bridgehead atoms. The van der Waals surface area contributed by atoms with Crippen molar-refractivity contribution in [1.29, 1.82) is 0 Å². The number of aliphatic hydroxyl groups excluding tert-OH is 2. The van der Waals surface area contributed by atoms with Crippen LogP contribution in [0.1, 0.15) is 48.3 Å². The average molecular weight is 797 g/mol. The summed E-state index contributed by atoms with van der Waals surface area (Å²) in [4.78, 5) is 45.0. The van der Waals surface area contributed by atoms with Crippen molar-refractivity contribution in [2.45, 2.75) is 49.4 Å². The smallest absolute Gasteiger partial charge is 0.286 e. The SMILES string of the molecule is CC.COc1ccccc1C(O)COc1ccc(CC2SC(=O)NC2=O)cc1.CSC(Cc1ccc(OCC(O)c2cccc(Cl)c2)cc1)C(=O)NC=O. The fourth-order valence-electron chi connectivity index (χ4n) is 5.03. The number of benzene rings is 4. The zero-order valence-electron chi connectivity index (χ0n) is 30.4. The summed E-state index contributed by atoms with van der Waals surface area (Å²) >= 11 is 8.31. The van der Waals surface area contributed by atoms with Gasteiger partial charge in [-0.1, -0.05) is 91.8 Å². The molecule has 4 atom stereocenters. The van der Waals surface area contributed by atoms with Crippen LogP contribution in [0.25, 0.3) is 0 Å². The van der Waals surface area contributed by atoms with Gasteiger partial charge in [-0.25, -0.2) is 0 Å². The van der Waals surface area contributed by atoms with Gasteiger partial charge >= 0.3 is 0 Å². The molecule has 4 aromatic carbocycles. The number of amides is 4. The second-order valence-corrected chi connectivity index (χ2v) is 14.0. The molecule has 288 valence electrons. The summed E-state index contributed by atoms with van der Waals surface area (Å²) < 4.78 is 16.5. The van der Waals surface area contributed by atoms with Crippen LogP contribution in [-0.2, 0) is 27.2 Å². The molecule has 0 spiro atoms. The van der Waals surface area contributed by atoms with Gasteiger partial charge in [0.2, 0.25) is 18.2 Å². The molecule has 4 N–H and O–H groups in total. The lowest BCUT2D eigenvalue weighted by Crippen LogP contribution is -2.32. The van der Waals surface area contributed by atoms with E-state index in [2.05, 4.69) is 10.6 Å². The van der Waals surface area contributed by atoms with Gasteiger partial charge in [-0.05, 0) is 78.3 Å². The van der Waals surface area contributed by atoms with Crippen LogP contribution in [0.15, 0.2) is 97.1 Å². The first-order valence-electron chi connectivity index (χ1n) is 17.1. The number of imide groups is 2. The average Bonchev–Trinajstić information content (AvgIpc) is 3.52. The Bertz CT molecular complexity index is 1800. The highest BCUT2D eigenvalue weighted by Gasteiger charge is 2.31. The summed E-state index contributed by atoms with van der Waals surface area (Å²) in [5.74, 6) is 1.29. The molecule has 1 aliphatic heterocycles. The number of ether oxygens (including phenoxy) is 3. The molecule has 14 heteroatoms. The summed E-state index contributed by atoms with van der Waals surface area (Å²) in [7, 11) is 1.56. The molecule has 0 saturated carbocycles. The highest BCUT2D eigenvalue weighted by molar-refractivity contribution is 8.15. The standard InChI is InChI=1S/C19H20ClNO4S.C19H19NO5S.C2H6/c1-26-18(19(24)21-12-22)9-13-5-7-16(8-6-13)25-11-17(23)14-3-2-4-15(20)10-14;1-24-16-5-3-2-4-14(16)15(21)11-25-13-8-6-12(7-9-13)10-17-18(22)20-19(23)26-17;1-2/h2-8,10,12,17-18,23H,9,11H2,1H3,(H,21,22,24);2-9,15,17,21H,10-11H2,1H3,(H,20,22,23);1-2H3. The summed E-state index contributed by atoms with van der Waals surface area (Å²) in [5.41, 5.74) is 3.25. The predicted molar refractivity (Wildman–Crippen MR) is 213 cm³/mol. The first-order valence-corrected chi connectivity index (χ1v) is 19.6. The van der Waals surface area contributed by atoms with Crippen LogP contribution in [0.2, 0.25) is 5.02 Å². The Morgan fingerprint density at radius 2 is 1.52 bits per heavy atom. The maximum Gasteiger partial charge on any atom is 0.286 e. The van der Waals surface area contributed by atoms with Gasteiger partial charge in [-0.3, -0.25) is 29.8 Å². The van der Waals surface area contributed by atoms with Crippen molar-refractivity contribution in [1.82, 2.24) is 10.6 Å². The number of hydrogen-bond acceptors (Lipinski definition) is 11. The number of halogens is 1. The van der Waals surface area contributed by atoms with Crippen molar-refractivity contribution in [3.05, 3.63) is 124 Å². The van der Waals surface area contributed by atoms with Crippen LogP contribution in [0, 0.1) is 0 Å². The molecule has 1 fully saturated rings. The summed E-state index contributed by atoms with van der Waals surface area (Å²) in [6, 6.07) is 28.8. The molecule has 11 nitrogen and oxygen atoms in total. The Labute approximate surface area is 329 Å². The number of aliphatic hydroxyl groups is 2. The van der Waals surface area contributed by atoms with Crippen LogP contribution in [-0.4, -0.2) is 70.8 Å². The molecular weight excluding hydrogens is 752 g/mol. The summed E-state index contributed by atoms with van der Waals surface area (Å²) in [6.07, 6.45) is 1.62. The van der Waals surface area contributed by atoms with E-state index in [4.69, 9.17) is 25.8 Å². The Hall–Kier alpha value is -4.53. The minimum Gasteiger partial charge on any atom is -0.496 e. The molecule has 4 unspecified atom stereocenters. The van der Waals surface area contributed by atoms with Gasteiger partial charge in [0.05, 0.1) is 17.6 Å². The first-order chi connectivity index (χ1) is 26.1. The highest BCUT2D eigenvalue weighted by Crippen LogP contribution is 2.27. The van der Waals surface area contributed by atoms with Gasteiger partial charge in [-0.2, -0.15) is 11.8 Å². The molecule has 54 heavy (non-hydrogen) atoms. The van der Waals surface area contributed by atoms with Crippen LogP contribution >= 0.6 is 35.1 Å². The van der Waals surface area contributed by atoms with E-state index in [0.717, 1.165) is 22.9 Å². The molecule has 4 aromatic rings. The lowest BCUT2D eigenvalue weighted by atomic mass is 10.1. The topological polar surface area (TPSA) is 160 Å². The molecule has 0 radical (unpaired) electrons. The summed E-state index contributed by atoms with van der Waals surface area (Å²) in [5, 5.41) is 24.5. The van der Waals surface area contributed by atoms with Crippen molar-refractivity contribution in [2.24, 2.45) is 0 Å². The maximum atomic E-state index is 11.8. The fourth-order valence-corrected chi connectivity index (χ4v) is 6.72. The Morgan fingerprint density at radius 3 is 2.07 bits per heavy atom. The van der Waals surface area contributed by atoms with Crippen molar-refractivity contribution >= 4 is 58.6 Å². The number of rotatable bonds is 16. The number of nitrogens with one attached hydrogen (secondary N) is 2. The molecule has 4 amide bonds. The van der Waals surface area contributed by atoms with Crippen LogP contribution in [0.3, 0.4) is 0 Å². The maximum absolute atomic E-state index is 11.8. The molecule has 1 aliphatic rings. The third-order valence-electron chi connectivity index (χ3n) is 7.78.